The third kappa shape index (κ3) is 2.42. The first-order chi connectivity index (χ1) is 10.2. The van der Waals surface area contributed by atoms with Gasteiger partial charge in [-0.3, -0.25) is 0 Å². The molecule has 1 aliphatic heterocycles. The van der Waals surface area contributed by atoms with Crippen LogP contribution in [0.1, 0.15) is 22.9 Å². The van der Waals surface area contributed by atoms with Gasteiger partial charge in [0.05, 0.1) is 14.2 Å². The summed E-state index contributed by atoms with van der Waals surface area (Å²) in [7, 11) is 3.12. The lowest BCUT2D eigenvalue weighted by molar-refractivity contribution is 0.351. The standard InChI is InChI=1S/C17H18FNO2/c1-20-14-7-6-12(10-15(14)21-2)16(18)13-5-3-4-11-8-9-19-17(11)13/h3-7,10,16,19H,8-9H2,1-2H3. The summed E-state index contributed by atoms with van der Waals surface area (Å²) in [6, 6.07) is 10.9. The number of methoxy groups -OCH3 is 2. The maximum atomic E-state index is 14.9. The molecule has 3 nitrogen and oxygen atoms in total. The Labute approximate surface area is 123 Å². The zero-order chi connectivity index (χ0) is 14.8. The van der Waals surface area contributed by atoms with E-state index in [9.17, 15) is 4.39 Å². The van der Waals surface area contributed by atoms with Crippen LogP contribution in [0.5, 0.6) is 11.5 Å². The molecule has 1 unspecified atom stereocenters. The van der Waals surface area contributed by atoms with Gasteiger partial charge < -0.3 is 14.8 Å². The van der Waals surface area contributed by atoms with Crippen molar-refractivity contribution < 1.29 is 13.9 Å². The van der Waals surface area contributed by atoms with Crippen LogP contribution in [0.25, 0.3) is 0 Å². The Kier molecular flexibility index (Phi) is 3.69. The number of ether oxygens (including phenoxy) is 2. The van der Waals surface area contributed by atoms with Gasteiger partial charge in [0.1, 0.15) is 0 Å². The van der Waals surface area contributed by atoms with Gasteiger partial charge in [0.2, 0.25) is 0 Å². The molecule has 0 amide bonds. The van der Waals surface area contributed by atoms with E-state index in [2.05, 4.69) is 5.32 Å². The molecule has 3 rings (SSSR count). The molecule has 0 saturated heterocycles. The molecule has 0 fully saturated rings. The first-order valence-corrected chi connectivity index (χ1v) is 6.96. The molecule has 0 saturated carbocycles. The predicted molar refractivity (Wildman–Crippen MR) is 81.1 cm³/mol. The number of hydrogen-bond acceptors (Lipinski definition) is 3. The first kappa shape index (κ1) is 13.7. The van der Waals surface area contributed by atoms with Crippen molar-refractivity contribution in [3.05, 3.63) is 53.1 Å². The van der Waals surface area contributed by atoms with Crippen LogP contribution in [-0.4, -0.2) is 20.8 Å². The Morgan fingerprint density at radius 2 is 1.90 bits per heavy atom. The molecule has 1 aliphatic rings. The highest BCUT2D eigenvalue weighted by molar-refractivity contribution is 5.63. The predicted octanol–water partition coefficient (Wildman–Crippen LogP) is 3.73. The number of para-hydroxylation sites is 1. The molecule has 2 aromatic rings. The van der Waals surface area contributed by atoms with Crippen LogP contribution in [0.2, 0.25) is 0 Å². The van der Waals surface area contributed by atoms with E-state index in [0.717, 1.165) is 18.7 Å². The summed E-state index contributed by atoms with van der Waals surface area (Å²) in [5, 5.41) is 3.27. The lowest BCUT2D eigenvalue weighted by Gasteiger charge is -2.15. The van der Waals surface area contributed by atoms with Crippen molar-refractivity contribution in [1.29, 1.82) is 0 Å². The molecule has 21 heavy (non-hydrogen) atoms. The van der Waals surface area contributed by atoms with Crippen molar-refractivity contribution in [1.82, 2.24) is 0 Å². The number of benzene rings is 2. The Hall–Kier alpha value is -2.23. The summed E-state index contributed by atoms with van der Waals surface area (Å²) >= 11 is 0. The van der Waals surface area contributed by atoms with Gasteiger partial charge in [-0.1, -0.05) is 24.3 Å². The fourth-order valence-electron chi connectivity index (χ4n) is 2.77. The second kappa shape index (κ2) is 5.64. The number of fused-ring (bicyclic) bond motifs is 1. The van der Waals surface area contributed by atoms with Gasteiger partial charge in [0, 0.05) is 17.8 Å². The van der Waals surface area contributed by atoms with Crippen LogP contribution in [0.15, 0.2) is 36.4 Å². The van der Waals surface area contributed by atoms with Crippen molar-refractivity contribution in [3.63, 3.8) is 0 Å². The van der Waals surface area contributed by atoms with E-state index < -0.39 is 6.17 Å². The van der Waals surface area contributed by atoms with Crippen LogP contribution >= 0.6 is 0 Å². The molecule has 0 aromatic heterocycles. The smallest absolute Gasteiger partial charge is 0.161 e. The van der Waals surface area contributed by atoms with E-state index in [-0.39, 0.29) is 0 Å². The minimum Gasteiger partial charge on any atom is -0.493 e. The Morgan fingerprint density at radius 1 is 1.10 bits per heavy atom. The average Bonchev–Trinajstić information content (AvgIpc) is 3.02. The molecule has 1 N–H and O–H groups in total. The SMILES string of the molecule is COc1ccc(C(F)c2cccc3c2NCC3)cc1OC. The van der Waals surface area contributed by atoms with Crippen molar-refractivity contribution in [2.45, 2.75) is 12.6 Å². The molecule has 0 bridgehead atoms. The number of rotatable bonds is 4. The second-order valence-corrected chi connectivity index (χ2v) is 5.04. The summed E-state index contributed by atoms with van der Waals surface area (Å²) in [5.74, 6) is 1.14. The summed E-state index contributed by atoms with van der Waals surface area (Å²) in [6.07, 6.45) is -0.243. The number of halogens is 1. The minimum atomic E-state index is -1.19. The van der Waals surface area contributed by atoms with E-state index in [1.54, 1.807) is 32.4 Å². The van der Waals surface area contributed by atoms with Gasteiger partial charge in [0.15, 0.2) is 17.7 Å². The largest absolute Gasteiger partial charge is 0.493 e. The summed E-state index contributed by atoms with van der Waals surface area (Å²) in [6.45, 7) is 0.866. The molecular formula is C17H18FNO2. The quantitative estimate of drug-likeness (QED) is 0.929. The Balaban J connectivity index is 1.99. The minimum absolute atomic E-state index is 0.540. The van der Waals surface area contributed by atoms with Crippen molar-refractivity contribution >= 4 is 5.69 Å². The van der Waals surface area contributed by atoms with Crippen LogP contribution in [0.4, 0.5) is 10.1 Å². The van der Waals surface area contributed by atoms with Crippen LogP contribution in [0.3, 0.4) is 0 Å². The van der Waals surface area contributed by atoms with Crippen LogP contribution < -0.4 is 14.8 Å². The highest BCUT2D eigenvalue weighted by atomic mass is 19.1. The van der Waals surface area contributed by atoms with Crippen molar-refractivity contribution in [3.8, 4) is 11.5 Å². The molecule has 4 heteroatoms. The van der Waals surface area contributed by atoms with Crippen molar-refractivity contribution in [2.75, 3.05) is 26.1 Å². The summed E-state index contributed by atoms with van der Waals surface area (Å²) in [4.78, 5) is 0. The molecule has 2 aromatic carbocycles. The van der Waals surface area contributed by atoms with Crippen molar-refractivity contribution in [2.24, 2.45) is 0 Å². The van der Waals surface area contributed by atoms with Gasteiger partial charge in [0.25, 0.3) is 0 Å². The monoisotopic (exact) mass is 287 g/mol. The normalized spacial score (nSPS) is 14.2. The number of anilines is 1. The van der Waals surface area contributed by atoms with E-state index in [1.165, 1.54) is 5.56 Å². The molecule has 0 aliphatic carbocycles. The zero-order valence-electron chi connectivity index (χ0n) is 12.2. The lowest BCUT2D eigenvalue weighted by Crippen LogP contribution is -2.01. The average molecular weight is 287 g/mol. The summed E-state index contributed by atoms with van der Waals surface area (Å²) < 4.78 is 25.4. The molecule has 110 valence electrons. The maximum Gasteiger partial charge on any atom is 0.161 e. The van der Waals surface area contributed by atoms with E-state index >= 15 is 0 Å². The lowest BCUT2D eigenvalue weighted by atomic mass is 9.98. The van der Waals surface area contributed by atoms with Gasteiger partial charge in [-0.2, -0.15) is 0 Å². The fourth-order valence-corrected chi connectivity index (χ4v) is 2.77. The highest BCUT2D eigenvalue weighted by Gasteiger charge is 2.22. The maximum absolute atomic E-state index is 14.9. The summed E-state index contributed by atoms with van der Waals surface area (Å²) in [5.41, 5.74) is 3.35. The molecule has 1 atom stereocenters. The molecule has 0 spiro atoms. The Morgan fingerprint density at radius 3 is 2.67 bits per heavy atom. The Bertz CT molecular complexity index is 657. The van der Waals surface area contributed by atoms with E-state index in [1.807, 2.05) is 18.2 Å². The fraction of sp³-hybridized carbons (Fsp3) is 0.294. The first-order valence-electron chi connectivity index (χ1n) is 6.96. The van der Waals surface area contributed by atoms with Crippen LogP contribution in [-0.2, 0) is 6.42 Å². The highest BCUT2D eigenvalue weighted by Crippen LogP contribution is 2.38. The van der Waals surface area contributed by atoms with E-state index in [4.69, 9.17) is 9.47 Å². The van der Waals surface area contributed by atoms with Gasteiger partial charge >= 0.3 is 0 Å². The topological polar surface area (TPSA) is 30.5 Å². The molecular weight excluding hydrogens is 269 g/mol. The van der Waals surface area contributed by atoms with Gasteiger partial charge in [-0.25, -0.2) is 4.39 Å². The second-order valence-electron chi connectivity index (χ2n) is 5.04. The number of hydrogen-bond donors (Lipinski definition) is 1. The molecule has 0 radical (unpaired) electrons. The van der Waals surface area contributed by atoms with E-state index in [0.29, 0.717) is 22.6 Å². The number of nitrogens with one attached hydrogen (secondary N) is 1. The third-order valence-corrected chi connectivity index (χ3v) is 3.85. The zero-order valence-corrected chi connectivity index (χ0v) is 12.2. The van der Waals surface area contributed by atoms with Gasteiger partial charge in [-0.15, -0.1) is 0 Å². The number of alkyl halides is 1. The van der Waals surface area contributed by atoms with Gasteiger partial charge in [-0.05, 0) is 29.7 Å². The van der Waals surface area contributed by atoms with Crippen LogP contribution in [0, 0.1) is 0 Å². The third-order valence-electron chi connectivity index (χ3n) is 3.85. The molecule has 1 heterocycles.